The van der Waals surface area contributed by atoms with E-state index in [1.807, 2.05) is 0 Å². The minimum absolute atomic E-state index is 0.112. The van der Waals surface area contributed by atoms with Gasteiger partial charge in [0.05, 0.1) is 17.9 Å². The van der Waals surface area contributed by atoms with Gasteiger partial charge in [-0.15, -0.1) is 11.8 Å². The number of hydrogen-bond donors (Lipinski definition) is 1. The van der Waals surface area contributed by atoms with Gasteiger partial charge in [0, 0.05) is 24.1 Å². The van der Waals surface area contributed by atoms with Crippen LogP contribution in [0, 0.1) is 0 Å². The zero-order valence-corrected chi connectivity index (χ0v) is 17.2. The van der Waals surface area contributed by atoms with E-state index in [1.165, 1.54) is 11.8 Å². The molecular weight excluding hydrogens is 410 g/mol. The number of fused-ring (bicyclic) bond motifs is 1. The van der Waals surface area contributed by atoms with Crippen LogP contribution in [0.25, 0.3) is 0 Å². The number of hydrogen-bond acceptors (Lipinski definition) is 8. The van der Waals surface area contributed by atoms with Crippen molar-refractivity contribution in [2.45, 2.75) is 4.90 Å². The van der Waals surface area contributed by atoms with Gasteiger partial charge in [0.25, 0.3) is 0 Å². The van der Waals surface area contributed by atoms with Crippen molar-refractivity contribution in [1.82, 2.24) is 5.32 Å². The van der Waals surface area contributed by atoms with Crippen molar-refractivity contribution < 1.29 is 33.3 Å². The number of carbonyl (C=O) groups is 3. The number of ketones is 1. The summed E-state index contributed by atoms with van der Waals surface area (Å²) in [6, 6.07) is 11.6. The molecular formula is C21H21NO7S. The van der Waals surface area contributed by atoms with Crippen molar-refractivity contribution in [3.05, 3.63) is 53.6 Å². The van der Waals surface area contributed by atoms with Crippen molar-refractivity contribution in [1.29, 1.82) is 0 Å². The fourth-order valence-electron chi connectivity index (χ4n) is 2.61. The van der Waals surface area contributed by atoms with Gasteiger partial charge in [-0.05, 0) is 30.3 Å². The Labute approximate surface area is 177 Å². The van der Waals surface area contributed by atoms with Gasteiger partial charge in [0.1, 0.15) is 0 Å². The quantitative estimate of drug-likeness (QED) is 0.265. The van der Waals surface area contributed by atoms with E-state index >= 15 is 0 Å². The second kappa shape index (κ2) is 10.7. The van der Waals surface area contributed by atoms with Crippen molar-refractivity contribution in [2.75, 3.05) is 39.4 Å². The largest absolute Gasteiger partial charge is 0.454 e. The van der Waals surface area contributed by atoms with Crippen LogP contribution in [0.5, 0.6) is 11.5 Å². The van der Waals surface area contributed by atoms with E-state index in [-0.39, 0.29) is 24.2 Å². The van der Waals surface area contributed by atoms with Gasteiger partial charge < -0.3 is 24.3 Å². The summed E-state index contributed by atoms with van der Waals surface area (Å²) in [6.45, 7) is 0.550. The van der Waals surface area contributed by atoms with Crippen molar-refractivity contribution in [3.63, 3.8) is 0 Å². The number of benzene rings is 2. The van der Waals surface area contributed by atoms with E-state index in [0.29, 0.717) is 40.7 Å². The van der Waals surface area contributed by atoms with Gasteiger partial charge in [-0.1, -0.05) is 12.1 Å². The highest BCUT2D eigenvalue weighted by atomic mass is 32.2. The number of amides is 1. The minimum atomic E-state index is -0.632. The Hall–Kier alpha value is -3.04. The molecule has 1 heterocycles. The molecule has 158 valence electrons. The molecule has 0 saturated carbocycles. The van der Waals surface area contributed by atoms with E-state index < -0.39 is 12.6 Å². The Bertz CT molecular complexity index is 931. The Morgan fingerprint density at radius 1 is 1.10 bits per heavy atom. The molecule has 0 unspecified atom stereocenters. The average molecular weight is 431 g/mol. The molecule has 30 heavy (non-hydrogen) atoms. The molecule has 0 aromatic heterocycles. The molecule has 2 aromatic carbocycles. The fourth-order valence-corrected chi connectivity index (χ4v) is 3.48. The van der Waals surface area contributed by atoms with Crippen LogP contribution in [0.4, 0.5) is 0 Å². The first-order valence-corrected chi connectivity index (χ1v) is 10.1. The maximum atomic E-state index is 12.5. The summed E-state index contributed by atoms with van der Waals surface area (Å²) < 4.78 is 20.5. The first-order chi connectivity index (χ1) is 14.6. The monoisotopic (exact) mass is 431 g/mol. The lowest BCUT2D eigenvalue weighted by molar-refractivity contribution is -0.118. The highest BCUT2D eigenvalue weighted by molar-refractivity contribution is 8.00. The second-order valence-electron chi connectivity index (χ2n) is 6.19. The normalized spacial score (nSPS) is 11.8. The lowest BCUT2D eigenvalue weighted by Gasteiger charge is -2.10. The molecule has 0 radical (unpaired) electrons. The molecule has 0 bridgehead atoms. The molecule has 3 rings (SSSR count). The predicted molar refractivity (Wildman–Crippen MR) is 109 cm³/mol. The highest BCUT2D eigenvalue weighted by Gasteiger charge is 2.19. The number of methoxy groups -OCH3 is 1. The summed E-state index contributed by atoms with van der Waals surface area (Å²) in [6.07, 6.45) is 0. The SMILES string of the molecule is COCCNC(=O)CSc1ccccc1C(=O)OCC(=O)c1ccc2c(c1)OCO2. The molecule has 0 fully saturated rings. The van der Waals surface area contributed by atoms with Crippen molar-refractivity contribution in [3.8, 4) is 11.5 Å². The predicted octanol–water partition coefficient (Wildman–Crippen LogP) is 2.31. The molecule has 0 spiro atoms. The third-order valence-corrected chi connectivity index (χ3v) is 5.20. The number of ether oxygens (including phenoxy) is 4. The number of rotatable bonds is 10. The van der Waals surface area contributed by atoms with Gasteiger partial charge in [-0.25, -0.2) is 4.79 Å². The fraction of sp³-hybridized carbons (Fsp3) is 0.286. The minimum Gasteiger partial charge on any atom is -0.454 e. The van der Waals surface area contributed by atoms with Gasteiger partial charge >= 0.3 is 5.97 Å². The molecule has 0 aliphatic carbocycles. The standard InChI is InChI=1S/C21H21NO7S/c1-26-9-8-22-20(24)12-30-19-5-3-2-4-15(19)21(25)27-11-16(23)14-6-7-17-18(10-14)29-13-28-17/h2-7,10H,8-9,11-13H2,1H3,(H,22,24). The first-order valence-electron chi connectivity index (χ1n) is 9.16. The van der Waals surface area contributed by atoms with Crippen molar-refractivity contribution >= 4 is 29.4 Å². The molecule has 0 atom stereocenters. The Morgan fingerprint density at radius 3 is 2.73 bits per heavy atom. The topological polar surface area (TPSA) is 100 Å². The third-order valence-electron chi connectivity index (χ3n) is 4.12. The van der Waals surface area contributed by atoms with E-state index in [9.17, 15) is 14.4 Å². The summed E-state index contributed by atoms with van der Waals surface area (Å²) >= 11 is 1.22. The number of esters is 1. The maximum absolute atomic E-state index is 12.5. The summed E-state index contributed by atoms with van der Waals surface area (Å²) in [5.41, 5.74) is 0.660. The molecule has 1 aliphatic heterocycles. The van der Waals surface area contributed by atoms with Crippen LogP contribution < -0.4 is 14.8 Å². The highest BCUT2D eigenvalue weighted by Crippen LogP contribution is 2.32. The van der Waals surface area contributed by atoms with Crippen LogP contribution in [0.3, 0.4) is 0 Å². The summed E-state index contributed by atoms with van der Waals surface area (Å²) in [4.78, 5) is 37.3. The van der Waals surface area contributed by atoms with Crippen LogP contribution >= 0.6 is 11.8 Å². The molecule has 1 amide bonds. The van der Waals surface area contributed by atoms with E-state index in [2.05, 4.69) is 5.32 Å². The lowest BCUT2D eigenvalue weighted by Crippen LogP contribution is -2.28. The van der Waals surface area contributed by atoms with Crippen LogP contribution in [-0.4, -0.2) is 57.1 Å². The number of thioether (sulfide) groups is 1. The van der Waals surface area contributed by atoms with Gasteiger partial charge in [-0.2, -0.15) is 0 Å². The molecule has 9 heteroatoms. The Kier molecular flexibility index (Phi) is 7.69. The average Bonchev–Trinajstić information content (AvgIpc) is 3.24. The van der Waals surface area contributed by atoms with E-state index in [0.717, 1.165) is 0 Å². The van der Waals surface area contributed by atoms with Gasteiger partial charge in [-0.3, -0.25) is 9.59 Å². The molecule has 1 N–H and O–H groups in total. The van der Waals surface area contributed by atoms with Crippen LogP contribution in [0.1, 0.15) is 20.7 Å². The molecule has 0 saturated heterocycles. The maximum Gasteiger partial charge on any atom is 0.339 e. The first kappa shape index (κ1) is 21.7. The Morgan fingerprint density at radius 2 is 1.90 bits per heavy atom. The number of nitrogens with one attached hydrogen (secondary N) is 1. The summed E-state index contributed by atoms with van der Waals surface area (Å²) in [5.74, 6) is 0.0392. The lowest BCUT2D eigenvalue weighted by atomic mass is 10.1. The smallest absolute Gasteiger partial charge is 0.339 e. The van der Waals surface area contributed by atoms with Crippen molar-refractivity contribution in [2.24, 2.45) is 0 Å². The third kappa shape index (κ3) is 5.74. The molecule has 1 aliphatic rings. The second-order valence-corrected chi connectivity index (χ2v) is 7.21. The van der Waals surface area contributed by atoms with E-state index in [4.69, 9.17) is 18.9 Å². The summed E-state index contributed by atoms with van der Waals surface area (Å²) in [5, 5.41) is 2.71. The van der Waals surface area contributed by atoms with Crippen LogP contribution in [0.2, 0.25) is 0 Å². The molecule has 8 nitrogen and oxygen atoms in total. The zero-order chi connectivity index (χ0) is 21.3. The van der Waals surface area contributed by atoms with Gasteiger partial charge in [0.2, 0.25) is 12.7 Å². The molecule has 2 aromatic rings. The van der Waals surface area contributed by atoms with Crippen LogP contribution in [-0.2, 0) is 14.3 Å². The van der Waals surface area contributed by atoms with Gasteiger partial charge in [0.15, 0.2) is 23.9 Å². The van der Waals surface area contributed by atoms with Crippen LogP contribution in [0.15, 0.2) is 47.4 Å². The zero-order valence-electron chi connectivity index (χ0n) is 16.3. The number of Topliss-reactive ketones (excluding diaryl/α,β-unsaturated/α-hetero) is 1. The Balaban J connectivity index is 1.55. The summed E-state index contributed by atoms with van der Waals surface area (Å²) in [7, 11) is 1.56. The number of carbonyl (C=O) groups excluding carboxylic acids is 3. The van der Waals surface area contributed by atoms with E-state index in [1.54, 1.807) is 49.6 Å².